The number of rotatable bonds is 5. The predicted molar refractivity (Wildman–Crippen MR) is 137 cm³/mol. The zero-order chi connectivity index (χ0) is 24.5. The summed E-state index contributed by atoms with van der Waals surface area (Å²) in [7, 11) is 2.16. The molecule has 1 fully saturated rings. The quantitative estimate of drug-likeness (QED) is 0.439. The Hall–Kier alpha value is -3.61. The van der Waals surface area contributed by atoms with Gasteiger partial charge in [0.1, 0.15) is 6.07 Å². The van der Waals surface area contributed by atoms with E-state index in [9.17, 15) is 10.1 Å². The number of fused-ring (bicyclic) bond motifs is 1. The lowest BCUT2D eigenvalue weighted by Crippen LogP contribution is -2.32. The lowest BCUT2D eigenvalue weighted by atomic mass is 10.0. The van der Waals surface area contributed by atoms with Gasteiger partial charge in [0.25, 0.3) is 0 Å². The molecule has 35 heavy (non-hydrogen) atoms. The van der Waals surface area contributed by atoms with Crippen molar-refractivity contribution < 1.29 is 4.79 Å². The molecule has 3 aromatic heterocycles. The Labute approximate surface area is 208 Å². The standard InChI is InChI=1S/C26H27N7OS/c1-17-22(15-29-33(17)21-8-10-31(3)11-9-21)19-12-25(26-20(13-27)14-28-32(26)16-19)35-24-7-5-4-6-23(24)30-18(2)34/h4-7,12,14-16,21H,8-11H2,1-3H3,(H,30,34). The minimum Gasteiger partial charge on any atom is -0.325 e. The minimum absolute atomic E-state index is 0.129. The van der Waals surface area contributed by atoms with Gasteiger partial charge in [-0.2, -0.15) is 15.5 Å². The van der Waals surface area contributed by atoms with Crippen molar-refractivity contribution in [1.82, 2.24) is 24.3 Å². The molecule has 0 atom stereocenters. The van der Waals surface area contributed by atoms with E-state index in [0.717, 1.165) is 63.7 Å². The number of para-hydroxylation sites is 1. The number of anilines is 1. The number of nitrogens with zero attached hydrogens (tertiary/aromatic N) is 6. The largest absolute Gasteiger partial charge is 0.325 e. The van der Waals surface area contributed by atoms with E-state index in [-0.39, 0.29) is 5.91 Å². The molecule has 0 bridgehead atoms. The zero-order valence-electron chi connectivity index (χ0n) is 20.0. The van der Waals surface area contributed by atoms with Crippen LogP contribution in [-0.2, 0) is 4.79 Å². The Morgan fingerprint density at radius 3 is 2.69 bits per heavy atom. The molecule has 0 unspecified atom stereocenters. The topological polar surface area (TPSA) is 91.2 Å². The maximum Gasteiger partial charge on any atom is 0.221 e. The third-order valence-electron chi connectivity index (χ3n) is 6.50. The van der Waals surface area contributed by atoms with Crippen molar-refractivity contribution in [2.75, 3.05) is 25.5 Å². The molecule has 0 saturated carbocycles. The highest BCUT2D eigenvalue weighted by atomic mass is 32.2. The molecule has 178 valence electrons. The van der Waals surface area contributed by atoms with Gasteiger partial charge in [-0.25, -0.2) is 4.52 Å². The van der Waals surface area contributed by atoms with Crippen molar-refractivity contribution in [2.24, 2.45) is 0 Å². The number of aromatic nitrogens is 4. The van der Waals surface area contributed by atoms with E-state index in [1.165, 1.54) is 18.7 Å². The summed E-state index contributed by atoms with van der Waals surface area (Å²) in [6, 6.07) is 12.4. The van der Waals surface area contributed by atoms with Gasteiger partial charge in [-0.15, -0.1) is 0 Å². The smallest absolute Gasteiger partial charge is 0.221 e. The van der Waals surface area contributed by atoms with Gasteiger partial charge in [-0.1, -0.05) is 23.9 Å². The van der Waals surface area contributed by atoms with Crippen LogP contribution in [0.3, 0.4) is 0 Å². The maximum absolute atomic E-state index is 11.7. The van der Waals surface area contributed by atoms with Gasteiger partial charge in [0.05, 0.1) is 35.2 Å². The molecule has 1 aromatic carbocycles. The second-order valence-corrected chi connectivity index (χ2v) is 10.0. The first-order chi connectivity index (χ1) is 16.9. The molecule has 1 N–H and O–H groups in total. The van der Waals surface area contributed by atoms with Gasteiger partial charge in [0, 0.05) is 39.7 Å². The fourth-order valence-electron chi connectivity index (χ4n) is 4.67. The van der Waals surface area contributed by atoms with Crippen LogP contribution >= 0.6 is 11.8 Å². The number of hydrogen-bond acceptors (Lipinski definition) is 6. The van der Waals surface area contributed by atoms with Gasteiger partial charge in [0.2, 0.25) is 5.91 Å². The molecule has 1 saturated heterocycles. The molecular weight excluding hydrogens is 458 g/mol. The van der Waals surface area contributed by atoms with Crippen molar-refractivity contribution >= 4 is 28.9 Å². The van der Waals surface area contributed by atoms with Gasteiger partial charge >= 0.3 is 0 Å². The van der Waals surface area contributed by atoms with E-state index >= 15 is 0 Å². The van der Waals surface area contributed by atoms with E-state index in [1.807, 2.05) is 36.7 Å². The average molecular weight is 486 g/mol. The molecule has 1 amide bonds. The van der Waals surface area contributed by atoms with Crippen LogP contribution in [0.25, 0.3) is 16.6 Å². The van der Waals surface area contributed by atoms with Crippen molar-refractivity contribution in [1.29, 1.82) is 5.26 Å². The minimum atomic E-state index is -0.129. The number of likely N-dealkylation sites (tertiary alicyclic amines) is 1. The molecule has 5 rings (SSSR count). The first kappa shape index (κ1) is 23.1. The van der Waals surface area contributed by atoms with Crippen LogP contribution in [-0.4, -0.2) is 50.3 Å². The Morgan fingerprint density at radius 1 is 1.17 bits per heavy atom. The summed E-state index contributed by atoms with van der Waals surface area (Å²) in [5, 5.41) is 21.8. The van der Waals surface area contributed by atoms with Gasteiger partial charge in [-0.05, 0) is 58.1 Å². The molecule has 9 heteroatoms. The second-order valence-electron chi connectivity index (χ2n) is 8.96. The monoisotopic (exact) mass is 485 g/mol. The lowest BCUT2D eigenvalue weighted by molar-refractivity contribution is -0.114. The first-order valence-electron chi connectivity index (χ1n) is 11.6. The molecular formula is C26H27N7OS. The molecule has 1 aliphatic heterocycles. The van der Waals surface area contributed by atoms with Crippen molar-refractivity contribution in [2.45, 2.75) is 42.5 Å². The van der Waals surface area contributed by atoms with Gasteiger partial charge < -0.3 is 10.2 Å². The third kappa shape index (κ3) is 4.55. The number of hydrogen-bond donors (Lipinski definition) is 1. The number of piperidine rings is 1. The van der Waals surface area contributed by atoms with Crippen LogP contribution in [0.2, 0.25) is 0 Å². The highest BCUT2D eigenvalue weighted by Gasteiger charge is 2.23. The Balaban J connectivity index is 1.58. The van der Waals surface area contributed by atoms with Crippen LogP contribution in [0, 0.1) is 18.3 Å². The Bertz CT molecular complexity index is 1440. The summed E-state index contributed by atoms with van der Waals surface area (Å²) in [5.74, 6) is -0.129. The van der Waals surface area contributed by atoms with Crippen LogP contribution in [0.15, 0.2) is 58.7 Å². The van der Waals surface area contributed by atoms with Gasteiger partial charge in [0.15, 0.2) is 0 Å². The summed E-state index contributed by atoms with van der Waals surface area (Å²) in [6.07, 6.45) is 7.66. The molecule has 0 aliphatic carbocycles. The van der Waals surface area contributed by atoms with Crippen LogP contribution < -0.4 is 5.32 Å². The molecule has 4 heterocycles. The number of benzene rings is 1. The number of nitriles is 1. The predicted octanol–water partition coefficient (Wildman–Crippen LogP) is 4.75. The van der Waals surface area contributed by atoms with E-state index in [2.05, 4.69) is 46.1 Å². The average Bonchev–Trinajstić information content (AvgIpc) is 3.44. The van der Waals surface area contributed by atoms with Crippen molar-refractivity contribution in [3.63, 3.8) is 0 Å². The van der Waals surface area contributed by atoms with E-state index in [4.69, 9.17) is 5.10 Å². The summed E-state index contributed by atoms with van der Waals surface area (Å²) in [5.41, 5.74) is 5.16. The van der Waals surface area contributed by atoms with Crippen LogP contribution in [0.5, 0.6) is 0 Å². The fourth-order valence-corrected chi connectivity index (χ4v) is 5.77. The first-order valence-corrected chi connectivity index (χ1v) is 12.4. The Morgan fingerprint density at radius 2 is 1.94 bits per heavy atom. The van der Waals surface area contributed by atoms with Gasteiger partial charge in [-0.3, -0.25) is 9.48 Å². The van der Waals surface area contributed by atoms with E-state index < -0.39 is 0 Å². The SMILES string of the molecule is CC(=O)Nc1ccccc1Sc1cc(-c2cnn(C3CCN(C)CC3)c2C)cn2ncc(C#N)c12. The fraction of sp³-hybridized carbons (Fsp3) is 0.308. The third-order valence-corrected chi connectivity index (χ3v) is 7.61. The molecule has 0 radical (unpaired) electrons. The lowest BCUT2D eigenvalue weighted by Gasteiger charge is -2.29. The van der Waals surface area contributed by atoms with E-state index in [0.29, 0.717) is 11.6 Å². The van der Waals surface area contributed by atoms with Crippen LogP contribution in [0.4, 0.5) is 5.69 Å². The molecule has 4 aromatic rings. The highest BCUT2D eigenvalue weighted by molar-refractivity contribution is 7.99. The normalized spacial score (nSPS) is 14.8. The number of nitrogens with one attached hydrogen (secondary N) is 1. The summed E-state index contributed by atoms with van der Waals surface area (Å²) in [6.45, 7) is 5.76. The number of carbonyl (C=O) groups excluding carboxylic acids is 1. The molecule has 0 spiro atoms. The zero-order valence-corrected chi connectivity index (χ0v) is 20.8. The van der Waals surface area contributed by atoms with Crippen molar-refractivity contribution in [3.8, 4) is 17.2 Å². The maximum atomic E-state index is 11.7. The number of amides is 1. The van der Waals surface area contributed by atoms with E-state index in [1.54, 1.807) is 10.7 Å². The number of carbonyl (C=O) groups is 1. The summed E-state index contributed by atoms with van der Waals surface area (Å²) >= 11 is 1.51. The second kappa shape index (κ2) is 9.56. The highest BCUT2D eigenvalue weighted by Crippen LogP contribution is 2.39. The Kier molecular flexibility index (Phi) is 6.32. The number of pyridine rings is 1. The summed E-state index contributed by atoms with van der Waals surface area (Å²) in [4.78, 5) is 15.9. The van der Waals surface area contributed by atoms with Crippen molar-refractivity contribution in [3.05, 3.63) is 60.2 Å². The molecule has 8 nitrogen and oxygen atoms in total. The summed E-state index contributed by atoms with van der Waals surface area (Å²) < 4.78 is 3.93. The van der Waals surface area contributed by atoms with Crippen LogP contribution in [0.1, 0.15) is 37.1 Å². The molecule has 1 aliphatic rings.